The molecule has 18 heavy (non-hydrogen) atoms. The van der Waals surface area contributed by atoms with Gasteiger partial charge in [0.15, 0.2) is 0 Å². The van der Waals surface area contributed by atoms with Crippen LogP contribution in [0, 0.1) is 5.92 Å². The lowest BCUT2D eigenvalue weighted by Crippen LogP contribution is -2.30. The Morgan fingerprint density at radius 1 is 1.39 bits per heavy atom. The fourth-order valence-electron chi connectivity index (χ4n) is 1.75. The van der Waals surface area contributed by atoms with Gasteiger partial charge in [0.25, 0.3) is 0 Å². The zero-order valence-corrected chi connectivity index (χ0v) is 10.8. The summed E-state index contributed by atoms with van der Waals surface area (Å²) in [5, 5.41) is 3.06. The standard InChI is InChI=1S/C12H18F3N3/c1-9(6-16-2)8-18(3)11-5-4-10(7-17-11)12(13,14)15/h4-5,7,9,16H,6,8H2,1-3H3. The van der Waals surface area contributed by atoms with Crippen LogP contribution in [0.3, 0.4) is 0 Å². The van der Waals surface area contributed by atoms with Crippen molar-refractivity contribution in [3.8, 4) is 0 Å². The van der Waals surface area contributed by atoms with Gasteiger partial charge in [0.2, 0.25) is 0 Å². The highest BCUT2D eigenvalue weighted by Crippen LogP contribution is 2.29. The Labute approximate surface area is 105 Å². The van der Waals surface area contributed by atoms with Gasteiger partial charge >= 0.3 is 6.18 Å². The van der Waals surface area contributed by atoms with Crippen LogP contribution in [0.5, 0.6) is 0 Å². The number of aromatic nitrogens is 1. The molecule has 102 valence electrons. The van der Waals surface area contributed by atoms with Crippen molar-refractivity contribution in [2.75, 3.05) is 32.1 Å². The second-order valence-electron chi connectivity index (χ2n) is 4.45. The molecule has 1 aromatic heterocycles. The van der Waals surface area contributed by atoms with Crippen LogP contribution in [0.25, 0.3) is 0 Å². The molecule has 1 aromatic rings. The summed E-state index contributed by atoms with van der Waals surface area (Å²) in [6.45, 7) is 3.65. The molecule has 3 nitrogen and oxygen atoms in total. The van der Waals surface area contributed by atoms with Gasteiger partial charge in [-0.1, -0.05) is 6.92 Å². The summed E-state index contributed by atoms with van der Waals surface area (Å²) in [7, 11) is 3.69. The smallest absolute Gasteiger partial charge is 0.359 e. The largest absolute Gasteiger partial charge is 0.417 e. The molecule has 0 radical (unpaired) electrons. The van der Waals surface area contributed by atoms with Gasteiger partial charge in [0.1, 0.15) is 5.82 Å². The molecular formula is C12H18F3N3. The lowest BCUT2D eigenvalue weighted by Gasteiger charge is -2.22. The van der Waals surface area contributed by atoms with E-state index in [9.17, 15) is 13.2 Å². The maximum atomic E-state index is 12.4. The number of alkyl halides is 3. The van der Waals surface area contributed by atoms with E-state index in [1.807, 2.05) is 19.0 Å². The second-order valence-corrected chi connectivity index (χ2v) is 4.45. The Bertz CT molecular complexity index is 362. The molecule has 0 saturated carbocycles. The Kier molecular flexibility index (Phi) is 4.95. The van der Waals surface area contributed by atoms with Crippen molar-refractivity contribution in [2.45, 2.75) is 13.1 Å². The van der Waals surface area contributed by atoms with Gasteiger partial charge in [-0.15, -0.1) is 0 Å². The van der Waals surface area contributed by atoms with Gasteiger partial charge in [-0.2, -0.15) is 13.2 Å². The minimum absolute atomic E-state index is 0.393. The minimum Gasteiger partial charge on any atom is -0.359 e. The van der Waals surface area contributed by atoms with E-state index in [2.05, 4.69) is 17.2 Å². The molecule has 0 spiro atoms. The zero-order chi connectivity index (χ0) is 13.8. The maximum Gasteiger partial charge on any atom is 0.417 e. The normalized spacial score (nSPS) is 13.4. The summed E-state index contributed by atoms with van der Waals surface area (Å²) < 4.78 is 37.1. The molecule has 0 aromatic carbocycles. The average Bonchev–Trinajstić information content (AvgIpc) is 2.28. The third kappa shape index (κ3) is 4.18. The second kappa shape index (κ2) is 6.04. The summed E-state index contributed by atoms with van der Waals surface area (Å²) in [5.74, 6) is 0.940. The summed E-state index contributed by atoms with van der Waals surface area (Å²) in [6.07, 6.45) is -3.46. The van der Waals surface area contributed by atoms with Crippen LogP contribution in [0.1, 0.15) is 12.5 Å². The third-order valence-corrected chi connectivity index (χ3v) is 2.60. The highest BCUT2D eigenvalue weighted by molar-refractivity contribution is 5.38. The van der Waals surface area contributed by atoms with Gasteiger partial charge in [-0.05, 0) is 31.6 Å². The molecule has 1 atom stereocenters. The fourth-order valence-corrected chi connectivity index (χ4v) is 1.75. The topological polar surface area (TPSA) is 28.2 Å². The van der Waals surface area contributed by atoms with Crippen LogP contribution in [0.15, 0.2) is 18.3 Å². The first-order chi connectivity index (χ1) is 8.34. The highest BCUT2D eigenvalue weighted by Gasteiger charge is 2.30. The number of halogens is 3. The molecule has 1 rings (SSSR count). The van der Waals surface area contributed by atoms with E-state index >= 15 is 0 Å². The van der Waals surface area contributed by atoms with E-state index in [4.69, 9.17) is 0 Å². The van der Waals surface area contributed by atoms with Gasteiger partial charge in [-0.3, -0.25) is 0 Å². The van der Waals surface area contributed by atoms with E-state index in [-0.39, 0.29) is 0 Å². The fraction of sp³-hybridized carbons (Fsp3) is 0.583. The van der Waals surface area contributed by atoms with E-state index in [0.717, 1.165) is 25.4 Å². The molecule has 0 aliphatic heterocycles. The number of hydrogen-bond donors (Lipinski definition) is 1. The molecule has 0 saturated heterocycles. The van der Waals surface area contributed by atoms with E-state index in [1.165, 1.54) is 6.07 Å². The van der Waals surface area contributed by atoms with E-state index in [1.54, 1.807) is 0 Å². The van der Waals surface area contributed by atoms with Crippen LogP contribution in [0.2, 0.25) is 0 Å². The SMILES string of the molecule is CNCC(C)CN(C)c1ccc(C(F)(F)F)cn1. The van der Waals surface area contributed by atoms with Crippen molar-refractivity contribution < 1.29 is 13.2 Å². The maximum absolute atomic E-state index is 12.4. The van der Waals surface area contributed by atoms with Crippen molar-refractivity contribution in [2.24, 2.45) is 5.92 Å². The molecular weight excluding hydrogens is 243 g/mol. The third-order valence-electron chi connectivity index (χ3n) is 2.60. The van der Waals surface area contributed by atoms with Crippen LogP contribution < -0.4 is 10.2 Å². The minimum atomic E-state index is -4.33. The van der Waals surface area contributed by atoms with Gasteiger partial charge in [-0.25, -0.2) is 4.98 Å². The molecule has 0 amide bonds. The number of pyridine rings is 1. The van der Waals surface area contributed by atoms with Gasteiger partial charge in [0, 0.05) is 19.8 Å². The molecule has 6 heteroatoms. The predicted octanol–water partition coefficient (Wildman–Crippen LogP) is 2.39. The number of hydrogen-bond acceptors (Lipinski definition) is 3. The summed E-state index contributed by atoms with van der Waals surface area (Å²) >= 11 is 0. The molecule has 1 unspecified atom stereocenters. The first-order valence-corrected chi connectivity index (χ1v) is 5.73. The molecule has 0 aliphatic carbocycles. The van der Waals surface area contributed by atoms with Crippen molar-refractivity contribution >= 4 is 5.82 Å². The average molecular weight is 261 g/mol. The Morgan fingerprint density at radius 2 is 2.06 bits per heavy atom. The van der Waals surface area contributed by atoms with Crippen molar-refractivity contribution in [3.05, 3.63) is 23.9 Å². The van der Waals surface area contributed by atoms with Gasteiger partial charge < -0.3 is 10.2 Å². The monoisotopic (exact) mass is 261 g/mol. The number of rotatable bonds is 5. The summed E-state index contributed by atoms with van der Waals surface area (Å²) in [6, 6.07) is 2.45. The first kappa shape index (κ1) is 14.8. The van der Waals surface area contributed by atoms with Crippen LogP contribution in [-0.2, 0) is 6.18 Å². The van der Waals surface area contributed by atoms with Crippen LogP contribution >= 0.6 is 0 Å². The number of anilines is 1. The molecule has 0 aliphatic rings. The lowest BCUT2D eigenvalue weighted by atomic mass is 10.1. The van der Waals surface area contributed by atoms with Crippen LogP contribution in [0.4, 0.5) is 19.0 Å². The predicted molar refractivity (Wildman–Crippen MR) is 65.6 cm³/mol. The van der Waals surface area contributed by atoms with Crippen molar-refractivity contribution in [3.63, 3.8) is 0 Å². The summed E-state index contributed by atoms with van der Waals surface area (Å²) in [4.78, 5) is 5.69. The highest BCUT2D eigenvalue weighted by atomic mass is 19.4. The van der Waals surface area contributed by atoms with Crippen LogP contribution in [-0.4, -0.2) is 32.2 Å². The number of nitrogens with one attached hydrogen (secondary N) is 1. The zero-order valence-electron chi connectivity index (χ0n) is 10.8. The quantitative estimate of drug-likeness (QED) is 0.882. The number of nitrogens with zero attached hydrogens (tertiary/aromatic N) is 2. The van der Waals surface area contributed by atoms with E-state index < -0.39 is 11.7 Å². The summed E-state index contributed by atoms with van der Waals surface area (Å²) in [5.41, 5.74) is -0.720. The lowest BCUT2D eigenvalue weighted by molar-refractivity contribution is -0.137. The molecule has 1 N–H and O–H groups in total. The molecule has 1 heterocycles. The first-order valence-electron chi connectivity index (χ1n) is 5.73. The van der Waals surface area contributed by atoms with Crippen molar-refractivity contribution in [1.29, 1.82) is 0 Å². The van der Waals surface area contributed by atoms with Crippen molar-refractivity contribution in [1.82, 2.24) is 10.3 Å². The Balaban J connectivity index is 2.67. The molecule has 0 fully saturated rings. The Morgan fingerprint density at radius 3 is 2.50 bits per heavy atom. The van der Waals surface area contributed by atoms with E-state index in [0.29, 0.717) is 11.7 Å². The van der Waals surface area contributed by atoms with Gasteiger partial charge in [0.05, 0.1) is 5.56 Å². The molecule has 0 bridgehead atoms. The Hall–Kier alpha value is -1.30.